The second-order valence-electron chi connectivity index (χ2n) is 3.82. The van der Waals surface area contributed by atoms with Crippen LogP contribution in [-0.2, 0) is 6.54 Å². The van der Waals surface area contributed by atoms with Gasteiger partial charge in [-0.2, -0.15) is 0 Å². The molecule has 6 heteroatoms. The highest BCUT2D eigenvalue weighted by Gasteiger charge is 2.04. The van der Waals surface area contributed by atoms with Crippen LogP contribution >= 0.6 is 0 Å². The van der Waals surface area contributed by atoms with Gasteiger partial charge in [0.05, 0.1) is 0 Å². The lowest BCUT2D eigenvalue weighted by atomic mass is 10.2. The van der Waals surface area contributed by atoms with Crippen molar-refractivity contribution in [3.8, 4) is 0 Å². The van der Waals surface area contributed by atoms with Crippen molar-refractivity contribution in [3.05, 3.63) is 41.7 Å². The number of nitrogens with one attached hydrogen (secondary N) is 2. The summed E-state index contributed by atoms with van der Waals surface area (Å²) in [4.78, 5) is 25.8. The molecule has 1 heterocycles. The largest absolute Gasteiger partial charge is 0.477 e. The molecule has 1 aromatic rings. The molecule has 0 unspecified atom stereocenters. The van der Waals surface area contributed by atoms with Crippen LogP contribution in [0.2, 0.25) is 0 Å². The highest BCUT2D eigenvalue weighted by molar-refractivity contribution is 5.85. The molecule has 0 aliphatic carbocycles. The molecule has 1 aromatic heterocycles. The molecule has 0 aromatic carbocycles. The van der Waals surface area contributed by atoms with Crippen LogP contribution in [0.25, 0.3) is 0 Å². The van der Waals surface area contributed by atoms with Crippen LogP contribution in [-0.4, -0.2) is 28.6 Å². The molecule has 0 fully saturated rings. The maximum atomic E-state index is 11.4. The van der Waals surface area contributed by atoms with E-state index < -0.39 is 5.97 Å². The lowest BCUT2D eigenvalue weighted by Gasteiger charge is -2.06. The minimum Gasteiger partial charge on any atom is -0.477 e. The van der Waals surface area contributed by atoms with Gasteiger partial charge in [0.1, 0.15) is 5.69 Å². The van der Waals surface area contributed by atoms with Crippen molar-refractivity contribution in [2.24, 2.45) is 0 Å². The molecule has 0 saturated heterocycles. The van der Waals surface area contributed by atoms with E-state index in [9.17, 15) is 9.59 Å². The summed E-state index contributed by atoms with van der Waals surface area (Å²) in [5, 5.41) is 14.1. The fraction of sp³-hybridized carbons (Fsp3) is 0.308. The SMILES string of the molecule is C/C=C/CCNC(=O)NCc1ccc(C(=O)O)nc1. The second-order valence-corrected chi connectivity index (χ2v) is 3.82. The molecule has 2 amide bonds. The number of hydrogen-bond acceptors (Lipinski definition) is 3. The van der Waals surface area contributed by atoms with E-state index in [0.717, 1.165) is 12.0 Å². The molecular weight excluding hydrogens is 246 g/mol. The lowest BCUT2D eigenvalue weighted by molar-refractivity contribution is 0.0690. The van der Waals surface area contributed by atoms with Gasteiger partial charge in [0.25, 0.3) is 0 Å². The van der Waals surface area contributed by atoms with Crippen LogP contribution in [0.1, 0.15) is 29.4 Å². The Hall–Kier alpha value is -2.37. The van der Waals surface area contributed by atoms with Crippen molar-refractivity contribution in [1.29, 1.82) is 0 Å². The second kappa shape index (κ2) is 7.86. The third-order valence-corrected chi connectivity index (χ3v) is 2.33. The Bertz CT molecular complexity index is 455. The summed E-state index contributed by atoms with van der Waals surface area (Å²) < 4.78 is 0. The van der Waals surface area contributed by atoms with Gasteiger partial charge in [0.2, 0.25) is 0 Å². The Kier molecular flexibility index (Phi) is 6.08. The summed E-state index contributed by atoms with van der Waals surface area (Å²) in [5.74, 6) is -1.07. The monoisotopic (exact) mass is 263 g/mol. The van der Waals surface area contributed by atoms with Crippen molar-refractivity contribution in [3.63, 3.8) is 0 Å². The Morgan fingerprint density at radius 2 is 2.16 bits per heavy atom. The molecule has 0 saturated carbocycles. The molecule has 3 N–H and O–H groups in total. The highest BCUT2D eigenvalue weighted by atomic mass is 16.4. The Morgan fingerprint density at radius 1 is 1.37 bits per heavy atom. The summed E-state index contributed by atoms with van der Waals surface area (Å²) in [7, 11) is 0. The first-order chi connectivity index (χ1) is 9.13. The zero-order valence-corrected chi connectivity index (χ0v) is 10.7. The van der Waals surface area contributed by atoms with E-state index in [1.54, 1.807) is 6.07 Å². The van der Waals surface area contributed by atoms with Gasteiger partial charge in [0, 0.05) is 19.3 Å². The molecule has 6 nitrogen and oxygen atoms in total. The van der Waals surface area contributed by atoms with E-state index in [1.807, 2.05) is 19.1 Å². The van der Waals surface area contributed by atoms with Gasteiger partial charge in [0.15, 0.2) is 0 Å². The average Bonchev–Trinajstić information content (AvgIpc) is 2.42. The molecule has 102 valence electrons. The number of carbonyl (C=O) groups excluding carboxylic acids is 1. The van der Waals surface area contributed by atoms with E-state index >= 15 is 0 Å². The number of aromatic nitrogens is 1. The molecule has 0 bridgehead atoms. The standard InChI is InChI=1S/C13H17N3O3/c1-2-3-4-7-14-13(19)16-9-10-5-6-11(12(17)18)15-8-10/h2-3,5-6,8H,4,7,9H2,1H3,(H,17,18)(H2,14,16,19)/b3-2+. The van der Waals surface area contributed by atoms with Crippen LogP contribution in [0.3, 0.4) is 0 Å². The van der Waals surface area contributed by atoms with Crippen molar-refractivity contribution in [2.45, 2.75) is 19.9 Å². The summed E-state index contributed by atoms with van der Waals surface area (Å²) >= 11 is 0. The number of nitrogens with zero attached hydrogens (tertiary/aromatic N) is 1. The van der Waals surface area contributed by atoms with E-state index in [2.05, 4.69) is 15.6 Å². The van der Waals surface area contributed by atoms with Crippen LogP contribution in [0.4, 0.5) is 4.79 Å². The minimum atomic E-state index is -1.07. The first-order valence-electron chi connectivity index (χ1n) is 5.94. The predicted octanol–water partition coefficient (Wildman–Crippen LogP) is 1.55. The van der Waals surface area contributed by atoms with Crippen molar-refractivity contribution in [2.75, 3.05) is 6.54 Å². The number of amides is 2. The van der Waals surface area contributed by atoms with Crippen LogP contribution in [0, 0.1) is 0 Å². The first-order valence-corrected chi connectivity index (χ1v) is 5.94. The summed E-state index contributed by atoms with van der Waals surface area (Å²) in [6, 6.07) is 2.77. The summed E-state index contributed by atoms with van der Waals surface area (Å²) in [5.41, 5.74) is 0.730. The maximum absolute atomic E-state index is 11.4. The van der Waals surface area contributed by atoms with E-state index in [-0.39, 0.29) is 11.7 Å². The number of allylic oxidation sites excluding steroid dienone is 1. The molecule has 0 spiro atoms. The number of urea groups is 1. The number of rotatable bonds is 6. The molecule has 0 aliphatic heterocycles. The van der Waals surface area contributed by atoms with Gasteiger partial charge in [-0.3, -0.25) is 0 Å². The van der Waals surface area contributed by atoms with Gasteiger partial charge in [-0.15, -0.1) is 0 Å². The number of aromatic carboxylic acids is 1. The van der Waals surface area contributed by atoms with Crippen LogP contribution < -0.4 is 10.6 Å². The van der Waals surface area contributed by atoms with Gasteiger partial charge in [-0.25, -0.2) is 14.6 Å². The normalized spacial score (nSPS) is 10.4. The quantitative estimate of drug-likeness (QED) is 0.536. The minimum absolute atomic E-state index is 0.0143. The Labute approximate surface area is 111 Å². The molecule has 0 atom stereocenters. The summed E-state index contributed by atoms with van der Waals surface area (Å²) in [6.45, 7) is 2.81. The predicted molar refractivity (Wildman–Crippen MR) is 70.9 cm³/mol. The molecule has 0 aliphatic rings. The van der Waals surface area contributed by atoms with E-state index in [1.165, 1.54) is 12.3 Å². The van der Waals surface area contributed by atoms with Gasteiger partial charge in [-0.1, -0.05) is 18.2 Å². The lowest BCUT2D eigenvalue weighted by Crippen LogP contribution is -2.35. The smallest absolute Gasteiger partial charge is 0.354 e. The van der Waals surface area contributed by atoms with E-state index in [4.69, 9.17) is 5.11 Å². The summed E-state index contributed by atoms with van der Waals surface area (Å²) in [6.07, 6.45) is 6.12. The van der Waals surface area contributed by atoms with Gasteiger partial charge in [-0.05, 0) is 25.0 Å². The van der Waals surface area contributed by atoms with Gasteiger partial charge < -0.3 is 15.7 Å². The Morgan fingerprint density at radius 3 is 2.74 bits per heavy atom. The zero-order valence-electron chi connectivity index (χ0n) is 10.7. The highest BCUT2D eigenvalue weighted by Crippen LogP contribution is 1.99. The number of carboxylic acids is 1. The number of carbonyl (C=O) groups is 2. The number of pyridine rings is 1. The van der Waals surface area contributed by atoms with E-state index in [0.29, 0.717) is 13.1 Å². The van der Waals surface area contributed by atoms with Gasteiger partial charge >= 0.3 is 12.0 Å². The maximum Gasteiger partial charge on any atom is 0.354 e. The molecule has 19 heavy (non-hydrogen) atoms. The third kappa shape index (κ3) is 5.67. The average molecular weight is 263 g/mol. The third-order valence-electron chi connectivity index (χ3n) is 2.33. The molecule has 1 rings (SSSR count). The first kappa shape index (κ1) is 14.7. The number of hydrogen-bond donors (Lipinski definition) is 3. The molecule has 0 radical (unpaired) electrons. The van der Waals surface area contributed by atoms with Crippen LogP contribution in [0.15, 0.2) is 30.5 Å². The molecular formula is C13H17N3O3. The van der Waals surface area contributed by atoms with Crippen LogP contribution in [0.5, 0.6) is 0 Å². The number of carboxylic acid groups (broad SMARTS) is 1. The fourth-order valence-corrected chi connectivity index (χ4v) is 1.34. The fourth-order valence-electron chi connectivity index (χ4n) is 1.34. The van der Waals surface area contributed by atoms with Crippen molar-refractivity contribution >= 4 is 12.0 Å². The Balaban J connectivity index is 2.31. The zero-order chi connectivity index (χ0) is 14.1. The van der Waals surface area contributed by atoms with Crippen molar-refractivity contribution < 1.29 is 14.7 Å². The van der Waals surface area contributed by atoms with Crippen molar-refractivity contribution in [1.82, 2.24) is 15.6 Å². The topological polar surface area (TPSA) is 91.3 Å².